The van der Waals surface area contributed by atoms with E-state index in [-0.39, 0.29) is 5.92 Å². The Labute approximate surface area is 140 Å². The van der Waals surface area contributed by atoms with E-state index in [1.165, 1.54) is 11.1 Å². The molecule has 0 saturated carbocycles. The van der Waals surface area contributed by atoms with Crippen LogP contribution in [-0.4, -0.2) is 27.8 Å². The van der Waals surface area contributed by atoms with Crippen LogP contribution in [0.15, 0.2) is 35.1 Å². The van der Waals surface area contributed by atoms with Crippen LogP contribution in [0.1, 0.15) is 17.0 Å². The average Bonchev–Trinajstić information content (AvgIpc) is 3.20. The number of hydrogen-bond donors (Lipinski definition) is 1. The number of anilines is 1. The fraction of sp³-hybridized carbons (Fsp3) is 0.250. The highest BCUT2D eigenvalue weighted by molar-refractivity contribution is 9.10. The maximum Gasteiger partial charge on any atom is 0.176 e. The highest BCUT2D eigenvalue weighted by Crippen LogP contribution is 2.40. The SMILES string of the molecule is Brc1cc2c(n3cnnc13)NCc1cccc3c1[C@@H](CO3)CO2. The Balaban J connectivity index is 1.67. The Morgan fingerprint density at radius 1 is 1.22 bits per heavy atom. The van der Waals surface area contributed by atoms with Gasteiger partial charge >= 0.3 is 0 Å². The first kappa shape index (κ1) is 13.2. The first-order valence-electron chi connectivity index (χ1n) is 7.45. The molecule has 1 atom stereocenters. The number of aromatic nitrogens is 3. The summed E-state index contributed by atoms with van der Waals surface area (Å²) < 4.78 is 14.7. The summed E-state index contributed by atoms with van der Waals surface area (Å²) in [5, 5.41) is 11.6. The largest absolute Gasteiger partial charge is 0.493 e. The predicted octanol–water partition coefficient (Wildman–Crippen LogP) is 2.97. The van der Waals surface area contributed by atoms with Crippen LogP contribution >= 0.6 is 15.9 Å². The number of nitrogens with one attached hydrogen (secondary N) is 1. The van der Waals surface area contributed by atoms with Crippen LogP contribution < -0.4 is 14.8 Å². The lowest BCUT2D eigenvalue weighted by Crippen LogP contribution is -2.12. The lowest BCUT2D eigenvalue weighted by molar-refractivity contribution is 0.248. The van der Waals surface area contributed by atoms with E-state index in [0.717, 1.165) is 27.4 Å². The molecule has 3 aromatic rings. The fourth-order valence-electron chi connectivity index (χ4n) is 3.32. The molecule has 0 radical (unpaired) electrons. The topological polar surface area (TPSA) is 60.7 Å². The molecular weight excluding hydrogens is 360 g/mol. The zero-order valence-electron chi connectivity index (χ0n) is 12.1. The molecule has 2 aliphatic heterocycles. The van der Waals surface area contributed by atoms with Crippen LogP contribution in [0, 0.1) is 0 Å². The molecule has 0 unspecified atom stereocenters. The van der Waals surface area contributed by atoms with Gasteiger partial charge in [0.05, 0.1) is 23.6 Å². The van der Waals surface area contributed by atoms with E-state index in [1.54, 1.807) is 6.33 Å². The summed E-state index contributed by atoms with van der Waals surface area (Å²) >= 11 is 3.53. The van der Waals surface area contributed by atoms with Gasteiger partial charge in [0.2, 0.25) is 0 Å². The minimum Gasteiger partial charge on any atom is -0.493 e. The molecule has 1 N–H and O–H groups in total. The van der Waals surface area contributed by atoms with Crippen molar-refractivity contribution in [2.24, 2.45) is 0 Å². The summed E-state index contributed by atoms with van der Waals surface area (Å²) in [5.74, 6) is 2.88. The molecular formula is C16H13BrN4O2. The smallest absolute Gasteiger partial charge is 0.176 e. The Bertz CT molecular complexity index is 924. The molecule has 116 valence electrons. The van der Waals surface area contributed by atoms with Crippen molar-refractivity contribution in [3.05, 3.63) is 46.2 Å². The van der Waals surface area contributed by atoms with Crippen molar-refractivity contribution in [1.29, 1.82) is 0 Å². The van der Waals surface area contributed by atoms with Crippen LogP contribution in [0.5, 0.6) is 11.5 Å². The van der Waals surface area contributed by atoms with Crippen LogP contribution in [-0.2, 0) is 6.54 Å². The van der Waals surface area contributed by atoms with Gasteiger partial charge in [0.15, 0.2) is 17.2 Å². The molecule has 2 aliphatic rings. The molecule has 23 heavy (non-hydrogen) atoms. The number of rotatable bonds is 0. The second-order valence-electron chi connectivity index (χ2n) is 5.73. The van der Waals surface area contributed by atoms with Crippen molar-refractivity contribution in [3.63, 3.8) is 0 Å². The zero-order chi connectivity index (χ0) is 15.4. The molecule has 6 nitrogen and oxygen atoms in total. The molecule has 2 aromatic heterocycles. The minimum absolute atomic E-state index is 0.254. The van der Waals surface area contributed by atoms with Crippen molar-refractivity contribution < 1.29 is 9.47 Å². The summed E-state index contributed by atoms with van der Waals surface area (Å²) in [6, 6.07) is 8.14. The lowest BCUT2D eigenvalue weighted by atomic mass is 9.96. The van der Waals surface area contributed by atoms with E-state index in [9.17, 15) is 0 Å². The van der Waals surface area contributed by atoms with Gasteiger partial charge < -0.3 is 14.8 Å². The van der Waals surface area contributed by atoms with E-state index in [4.69, 9.17) is 9.47 Å². The van der Waals surface area contributed by atoms with Crippen LogP contribution in [0.4, 0.5) is 5.82 Å². The maximum atomic E-state index is 6.11. The van der Waals surface area contributed by atoms with Crippen molar-refractivity contribution in [3.8, 4) is 11.5 Å². The third kappa shape index (κ3) is 1.92. The standard InChI is InChI=1S/C16H13BrN4O2/c17-11-4-13-16(21-8-19-20-15(11)21)18-5-9-2-1-3-12-14(9)10(6-22-12)7-23-13/h1-4,8,10,18H,5-7H2/t10-/m0/s1. The highest BCUT2D eigenvalue weighted by atomic mass is 79.9. The van der Waals surface area contributed by atoms with Crippen molar-refractivity contribution >= 4 is 27.4 Å². The minimum atomic E-state index is 0.254. The maximum absolute atomic E-state index is 6.11. The first-order chi connectivity index (χ1) is 11.3. The Kier molecular flexibility index (Phi) is 2.78. The molecule has 0 saturated heterocycles. The molecule has 7 heteroatoms. The summed E-state index contributed by atoms with van der Waals surface area (Å²) in [4.78, 5) is 0. The number of pyridine rings is 1. The molecule has 1 aromatic carbocycles. The average molecular weight is 373 g/mol. The molecule has 0 fully saturated rings. The van der Waals surface area contributed by atoms with Gasteiger partial charge in [-0.25, -0.2) is 0 Å². The van der Waals surface area contributed by atoms with Gasteiger partial charge in [0.25, 0.3) is 0 Å². The van der Waals surface area contributed by atoms with Gasteiger partial charge in [-0.05, 0) is 27.6 Å². The van der Waals surface area contributed by atoms with Gasteiger partial charge in [-0.1, -0.05) is 12.1 Å². The predicted molar refractivity (Wildman–Crippen MR) is 88.2 cm³/mol. The summed E-state index contributed by atoms with van der Waals surface area (Å²) in [5.41, 5.74) is 3.26. The number of ether oxygens (including phenoxy) is 2. The van der Waals surface area contributed by atoms with Gasteiger partial charge in [-0.3, -0.25) is 4.40 Å². The third-order valence-electron chi connectivity index (χ3n) is 4.38. The number of nitrogens with zero attached hydrogens (tertiary/aromatic N) is 3. The number of hydrogen-bond acceptors (Lipinski definition) is 5. The van der Waals surface area contributed by atoms with E-state index in [2.05, 4.69) is 37.5 Å². The highest BCUT2D eigenvalue weighted by Gasteiger charge is 2.29. The van der Waals surface area contributed by atoms with Crippen LogP contribution in [0.3, 0.4) is 0 Å². The van der Waals surface area contributed by atoms with Gasteiger partial charge in [0, 0.05) is 18.2 Å². The van der Waals surface area contributed by atoms with E-state index in [1.807, 2.05) is 22.6 Å². The molecule has 0 aliphatic carbocycles. The zero-order valence-corrected chi connectivity index (χ0v) is 13.7. The molecule has 0 amide bonds. The Hall–Kier alpha value is -2.28. The summed E-state index contributed by atoms with van der Waals surface area (Å²) in [7, 11) is 0. The van der Waals surface area contributed by atoms with Crippen LogP contribution in [0.25, 0.3) is 5.65 Å². The first-order valence-corrected chi connectivity index (χ1v) is 8.24. The second kappa shape index (κ2) is 4.86. The Morgan fingerprint density at radius 3 is 3.00 bits per heavy atom. The molecule has 0 bridgehead atoms. The molecule has 5 rings (SSSR count). The van der Waals surface area contributed by atoms with E-state index >= 15 is 0 Å². The fourth-order valence-corrected chi connectivity index (χ4v) is 3.80. The Morgan fingerprint density at radius 2 is 2.09 bits per heavy atom. The summed E-state index contributed by atoms with van der Waals surface area (Å²) in [6.45, 7) is 1.95. The lowest BCUT2D eigenvalue weighted by Gasteiger charge is -2.15. The van der Waals surface area contributed by atoms with Gasteiger partial charge in [-0.2, -0.15) is 0 Å². The number of benzene rings is 1. The van der Waals surface area contributed by atoms with Gasteiger partial charge in [0.1, 0.15) is 12.1 Å². The second-order valence-corrected chi connectivity index (χ2v) is 6.59. The normalized spacial score (nSPS) is 18.7. The monoisotopic (exact) mass is 372 g/mol. The van der Waals surface area contributed by atoms with Crippen LogP contribution in [0.2, 0.25) is 0 Å². The molecule has 4 heterocycles. The summed E-state index contributed by atoms with van der Waals surface area (Å²) in [6.07, 6.45) is 1.69. The quantitative estimate of drug-likeness (QED) is 0.657. The van der Waals surface area contributed by atoms with Gasteiger partial charge in [-0.15, -0.1) is 10.2 Å². The van der Waals surface area contributed by atoms with Crippen molar-refractivity contribution in [2.75, 3.05) is 18.5 Å². The molecule has 0 spiro atoms. The van der Waals surface area contributed by atoms with Crippen molar-refractivity contribution in [2.45, 2.75) is 12.5 Å². The van der Waals surface area contributed by atoms with E-state index in [0.29, 0.717) is 19.8 Å². The van der Waals surface area contributed by atoms with E-state index < -0.39 is 0 Å². The third-order valence-corrected chi connectivity index (χ3v) is 4.97. The van der Waals surface area contributed by atoms with Crippen molar-refractivity contribution in [1.82, 2.24) is 14.6 Å². The number of fused-ring (bicyclic) bond motifs is 3. The number of halogens is 1.